The summed E-state index contributed by atoms with van der Waals surface area (Å²) in [6, 6.07) is 13.2. The highest BCUT2D eigenvalue weighted by Crippen LogP contribution is 2.28. The summed E-state index contributed by atoms with van der Waals surface area (Å²) >= 11 is 3.72. The van der Waals surface area contributed by atoms with Crippen molar-refractivity contribution in [3.05, 3.63) is 52.2 Å². The molecule has 2 aromatic rings. The van der Waals surface area contributed by atoms with E-state index in [2.05, 4.69) is 54.0 Å². The monoisotopic (exact) mass is 263 g/mol. The number of hydrogen-bond acceptors (Lipinski definition) is 3. The van der Waals surface area contributed by atoms with Crippen LogP contribution in [-0.2, 0) is 0 Å². The van der Waals surface area contributed by atoms with E-state index in [1.807, 2.05) is 30.1 Å². The van der Waals surface area contributed by atoms with Gasteiger partial charge in [-0.1, -0.05) is 18.2 Å². The standard InChI is InChI=1S/C14H17NS2/c1-11-13(8-9-16-11)14(15-2)10-17-12-6-4-3-5-7-12/h3-9,14-15H,10H2,1-2H3. The lowest BCUT2D eigenvalue weighted by molar-refractivity contribution is 0.661. The van der Waals surface area contributed by atoms with Gasteiger partial charge in [0, 0.05) is 21.6 Å². The van der Waals surface area contributed by atoms with Crippen LogP contribution in [0, 0.1) is 6.92 Å². The highest BCUT2D eigenvalue weighted by molar-refractivity contribution is 7.99. The number of thioether (sulfide) groups is 1. The first-order chi connectivity index (χ1) is 8.31. The van der Waals surface area contributed by atoms with Crippen LogP contribution in [0.2, 0.25) is 0 Å². The quantitative estimate of drug-likeness (QED) is 0.815. The van der Waals surface area contributed by atoms with E-state index >= 15 is 0 Å². The van der Waals surface area contributed by atoms with Gasteiger partial charge in [-0.2, -0.15) is 0 Å². The molecule has 1 aromatic heterocycles. The Bertz CT molecular complexity index is 450. The lowest BCUT2D eigenvalue weighted by Crippen LogP contribution is -2.18. The van der Waals surface area contributed by atoms with E-state index in [4.69, 9.17) is 0 Å². The zero-order valence-electron chi connectivity index (χ0n) is 10.1. The second kappa shape index (κ2) is 6.24. The van der Waals surface area contributed by atoms with E-state index in [0.717, 1.165) is 5.75 Å². The predicted octanol–water partition coefficient (Wildman–Crippen LogP) is 4.11. The molecule has 0 radical (unpaired) electrons. The van der Waals surface area contributed by atoms with Crippen molar-refractivity contribution in [2.45, 2.75) is 17.9 Å². The fourth-order valence-corrected chi connectivity index (χ4v) is 3.60. The predicted molar refractivity (Wildman–Crippen MR) is 78.0 cm³/mol. The maximum atomic E-state index is 3.40. The normalized spacial score (nSPS) is 12.6. The molecule has 0 aliphatic heterocycles. The van der Waals surface area contributed by atoms with Crippen LogP contribution in [0.3, 0.4) is 0 Å². The number of nitrogens with one attached hydrogen (secondary N) is 1. The average Bonchev–Trinajstić information content (AvgIpc) is 2.78. The van der Waals surface area contributed by atoms with E-state index in [9.17, 15) is 0 Å². The summed E-state index contributed by atoms with van der Waals surface area (Å²) in [5.74, 6) is 1.07. The fraction of sp³-hybridized carbons (Fsp3) is 0.286. The molecule has 0 amide bonds. The molecule has 1 atom stereocenters. The van der Waals surface area contributed by atoms with Crippen LogP contribution < -0.4 is 5.32 Å². The minimum atomic E-state index is 0.437. The zero-order valence-corrected chi connectivity index (χ0v) is 11.8. The fourth-order valence-electron chi connectivity index (χ4n) is 1.78. The average molecular weight is 263 g/mol. The Labute approximate surface area is 111 Å². The van der Waals surface area contributed by atoms with Gasteiger partial charge in [-0.15, -0.1) is 23.1 Å². The summed E-state index contributed by atoms with van der Waals surface area (Å²) in [5, 5.41) is 5.57. The molecule has 90 valence electrons. The van der Waals surface area contributed by atoms with E-state index in [0.29, 0.717) is 6.04 Å². The molecule has 2 rings (SSSR count). The van der Waals surface area contributed by atoms with Gasteiger partial charge in [0.1, 0.15) is 0 Å². The van der Waals surface area contributed by atoms with Gasteiger partial charge in [0.2, 0.25) is 0 Å². The third-order valence-corrected chi connectivity index (χ3v) is 4.75. The second-order valence-electron chi connectivity index (χ2n) is 3.90. The number of aryl methyl sites for hydroxylation is 1. The van der Waals surface area contributed by atoms with Gasteiger partial charge in [0.25, 0.3) is 0 Å². The van der Waals surface area contributed by atoms with Crippen LogP contribution in [0.4, 0.5) is 0 Å². The van der Waals surface area contributed by atoms with Crippen LogP contribution >= 0.6 is 23.1 Å². The highest BCUT2D eigenvalue weighted by Gasteiger charge is 2.12. The first kappa shape index (κ1) is 12.7. The van der Waals surface area contributed by atoms with Crippen LogP contribution in [0.15, 0.2) is 46.7 Å². The molecule has 0 spiro atoms. The van der Waals surface area contributed by atoms with Gasteiger partial charge in [-0.05, 0) is 43.1 Å². The van der Waals surface area contributed by atoms with E-state index in [-0.39, 0.29) is 0 Å². The Morgan fingerprint density at radius 2 is 2.00 bits per heavy atom. The van der Waals surface area contributed by atoms with Crippen molar-refractivity contribution in [3.63, 3.8) is 0 Å². The van der Waals surface area contributed by atoms with Crippen LogP contribution in [0.5, 0.6) is 0 Å². The summed E-state index contributed by atoms with van der Waals surface area (Å²) in [6.07, 6.45) is 0. The van der Waals surface area contributed by atoms with Crippen molar-refractivity contribution in [2.75, 3.05) is 12.8 Å². The van der Waals surface area contributed by atoms with Crippen molar-refractivity contribution in [3.8, 4) is 0 Å². The maximum Gasteiger partial charge on any atom is 0.0423 e. The van der Waals surface area contributed by atoms with Crippen LogP contribution in [0.25, 0.3) is 0 Å². The first-order valence-electron chi connectivity index (χ1n) is 5.70. The van der Waals surface area contributed by atoms with Gasteiger partial charge >= 0.3 is 0 Å². The van der Waals surface area contributed by atoms with Gasteiger partial charge in [0.15, 0.2) is 0 Å². The molecule has 3 heteroatoms. The summed E-state index contributed by atoms with van der Waals surface area (Å²) in [7, 11) is 2.04. The lowest BCUT2D eigenvalue weighted by Gasteiger charge is -2.15. The molecule has 1 unspecified atom stereocenters. The summed E-state index contributed by atoms with van der Waals surface area (Å²) in [6.45, 7) is 2.19. The molecule has 0 fully saturated rings. The van der Waals surface area contributed by atoms with E-state index < -0.39 is 0 Å². The number of benzene rings is 1. The third-order valence-electron chi connectivity index (χ3n) is 2.78. The Morgan fingerprint density at radius 3 is 2.59 bits per heavy atom. The van der Waals surface area contributed by atoms with Gasteiger partial charge in [0.05, 0.1) is 0 Å². The zero-order chi connectivity index (χ0) is 12.1. The molecule has 0 aliphatic carbocycles. The lowest BCUT2D eigenvalue weighted by atomic mass is 10.1. The smallest absolute Gasteiger partial charge is 0.0423 e. The van der Waals surface area contributed by atoms with Gasteiger partial charge in [-0.3, -0.25) is 0 Å². The summed E-state index contributed by atoms with van der Waals surface area (Å²) in [4.78, 5) is 2.75. The summed E-state index contributed by atoms with van der Waals surface area (Å²) < 4.78 is 0. The molecule has 1 nitrogen and oxygen atoms in total. The summed E-state index contributed by atoms with van der Waals surface area (Å²) in [5.41, 5.74) is 1.43. The van der Waals surface area contributed by atoms with Crippen molar-refractivity contribution < 1.29 is 0 Å². The van der Waals surface area contributed by atoms with Crippen LogP contribution in [0.1, 0.15) is 16.5 Å². The van der Waals surface area contributed by atoms with Gasteiger partial charge in [-0.25, -0.2) is 0 Å². The molecular weight excluding hydrogens is 246 g/mol. The van der Waals surface area contributed by atoms with E-state index in [1.54, 1.807) is 0 Å². The molecular formula is C14H17NS2. The number of hydrogen-bond donors (Lipinski definition) is 1. The molecule has 0 bridgehead atoms. The molecule has 1 N–H and O–H groups in total. The van der Waals surface area contributed by atoms with Crippen molar-refractivity contribution >= 4 is 23.1 Å². The van der Waals surface area contributed by atoms with Crippen molar-refractivity contribution in [1.29, 1.82) is 0 Å². The van der Waals surface area contributed by atoms with Gasteiger partial charge < -0.3 is 5.32 Å². The molecule has 0 saturated carbocycles. The molecule has 1 aromatic carbocycles. The first-order valence-corrected chi connectivity index (χ1v) is 7.57. The number of rotatable bonds is 5. The Balaban J connectivity index is 2.00. The van der Waals surface area contributed by atoms with Crippen molar-refractivity contribution in [1.82, 2.24) is 5.32 Å². The molecule has 0 aliphatic rings. The number of thiophene rings is 1. The third kappa shape index (κ3) is 3.35. The van der Waals surface area contributed by atoms with Crippen LogP contribution in [-0.4, -0.2) is 12.8 Å². The Morgan fingerprint density at radius 1 is 1.24 bits per heavy atom. The SMILES string of the molecule is CNC(CSc1ccccc1)c1ccsc1C. The second-order valence-corrected chi connectivity index (χ2v) is 6.11. The van der Waals surface area contributed by atoms with E-state index in [1.165, 1.54) is 15.3 Å². The topological polar surface area (TPSA) is 12.0 Å². The minimum absolute atomic E-state index is 0.437. The Kier molecular flexibility index (Phi) is 4.66. The largest absolute Gasteiger partial charge is 0.312 e. The molecule has 0 saturated heterocycles. The molecule has 1 heterocycles. The maximum absolute atomic E-state index is 3.40. The molecule has 17 heavy (non-hydrogen) atoms. The Hall–Kier alpha value is -0.770. The highest BCUT2D eigenvalue weighted by atomic mass is 32.2. The minimum Gasteiger partial charge on any atom is -0.312 e. The van der Waals surface area contributed by atoms with Crippen molar-refractivity contribution in [2.24, 2.45) is 0 Å².